The molecule has 2 amide bonds. The third-order valence-electron chi connectivity index (χ3n) is 3.97. The Morgan fingerprint density at radius 3 is 2.46 bits per heavy atom. The second-order valence-electron chi connectivity index (χ2n) is 5.99. The zero-order valence-corrected chi connectivity index (χ0v) is 15.3. The van der Waals surface area contributed by atoms with Gasteiger partial charge in [0, 0.05) is 13.0 Å². The summed E-state index contributed by atoms with van der Waals surface area (Å²) >= 11 is 0. The largest absolute Gasteiger partial charge is 0.493 e. The Kier molecular flexibility index (Phi) is 7.68. The molecule has 0 aliphatic heterocycles. The number of hydrogen-bond donors (Lipinski definition) is 2. The van der Waals surface area contributed by atoms with Crippen molar-refractivity contribution in [3.8, 4) is 5.75 Å². The lowest BCUT2D eigenvalue weighted by Crippen LogP contribution is -2.29. The van der Waals surface area contributed by atoms with E-state index in [0.29, 0.717) is 37.3 Å². The fraction of sp³-hybridized carbons (Fsp3) is 0.333. The van der Waals surface area contributed by atoms with E-state index in [0.717, 1.165) is 5.56 Å². The molecule has 2 aromatic rings. The van der Waals surface area contributed by atoms with Crippen molar-refractivity contribution < 1.29 is 14.3 Å². The van der Waals surface area contributed by atoms with E-state index < -0.39 is 0 Å². The molecule has 138 valence electrons. The second-order valence-corrected chi connectivity index (χ2v) is 5.99. The molecule has 0 saturated heterocycles. The first-order valence-electron chi connectivity index (χ1n) is 8.96. The SMILES string of the molecule is CCOc1ccccc1C(=O)NCCCC(=O)N[C@H](C)c1ccccc1. The standard InChI is InChI=1S/C21H26N2O3/c1-3-26-19-13-8-7-12-18(19)21(25)22-15-9-14-20(24)23-16(2)17-10-5-4-6-11-17/h4-8,10-13,16H,3,9,14-15H2,1-2H3,(H,22,25)(H,23,24)/t16-/m1/s1. The minimum atomic E-state index is -0.188. The van der Waals surface area contributed by atoms with Crippen molar-refractivity contribution in [2.75, 3.05) is 13.2 Å². The number of amides is 2. The van der Waals surface area contributed by atoms with Crippen LogP contribution in [0, 0.1) is 0 Å². The minimum absolute atomic E-state index is 0.0229. The van der Waals surface area contributed by atoms with Gasteiger partial charge in [0.2, 0.25) is 5.91 Å². The van der Waals surface area contributed by atoms with Gasteiger partial charge in [-0.25, -0.2) is 0 Å². The van der Waals surface area contributed by atoms with Crippen LogP contribution in [0.15, 0.2) is 54.6 Å². The topological polar surface area (TPSA) is 67.4 Å². The molecule has 2 aromatic carbocycles. The summed E-state index contributed by atoms with van der Waals surface area (Å²) in [6.07, 6.45) is 0.945. The first kappa shape index (κ1) is 19.5. The summed E-state index contributed by atoms with van der Waals surface area (Å²) in [6, 6.07) is 16.9. The van der Waals surface area contributed by atoms with Crippen molar-refractivity contribution >= 4 is 11.8 Å². The van der Waals surface area contributed by atoms with E-state index in [-0.39, 0.29) is 17.9 Å². The van der Waals surface area contributed by atoms with E-state index in [1.807, 2.05) is 50.2 Å². The predicted molar refractivity (Wildman–Crippen MR) is 102 cm³/mol. The summed E-state index contributed by atoms with van der Waals surface area (Å²) in [5.41, 5.74) is 1.58. The maximum absolute atomic E-state index is 12.3. The molecule has 0 saturated carbocycles. The maximum Gasteiger partial charge on any atom is 0.255 e. The normalized spacial score (nSPS) is 11.5. The van der Waals surface area contributed by atoms with Gasteiger partial charge in [0.05, 0.1) is 18.2 Å². The van der Waals surface area contributed by atoms with Gasteiger partial charge in [-0.05, 0) is 38.0 Å². The van der Waals surface area contributed by atoms with Crippen molar-refractivity contribution in [3.63, 3.8) is 0 Å². The molecule has 0 aromatic heterocycles. The van der Waals surface area contributed by atoms with Gasteiger partial charge in [0.25, 0.3) is 5.91 Å². The lowest BCUT2D eigenvalue weighted by molar-refractivity contribution is -0.121. The van der Waals surface area contributed by atoms with Gasteiger partial charge >= 0.3 is 0 Å². The van der Waals surface area contributed by atoms with Gasteiger partial charge in [-0.1, -0.05) is 42.5 Å². The van der Waals surface area contributed by atoms with Crippen LogP contribution >= 0.6 is 0 Å². The van der Waals surface area contributed by atoms with E-state index in [2.05, 4.69) is 10.6 Å². The summed E-state index contributed by atoms with van der Waals surface area (Å²) in [5.74, 6) is 0.361. The molecule has 0 bridgehead atoms. The van der Waals surface area contributed by atoms with Gasteiger partial charge in [-0.15, -0.1) is 0 Å². The number of nitrogens with one attached hydrogen (secondary N) is 2. The average molecular weight is 354 g/mol. The third kappa shape index (κ3) is 5.92. The Balaban J connectivity index is 1.73. The Morgan fingerprint density at radius 1 is 1.04 bits per heavy atom. The Labute approximate surface area is 154 Å². The first-order chi connectivity index (χ1) is 12.6. The predicted octanol–water partition coefficient (Wildman–Crippen LogP) is 3.47. The molecule has 0 spiro atoms. The zero-order chi connectivity index (χ0) is 18.8. The smallest absolute Gasteiger partial charge is 0.255 e. The van der Waals surface area contributed by atoms with Crippen LogP contribution in [0.2, 0.25) is 0 Å². The molecule has 1 atom stereocenters. The molecule has 0 fully saturated rings. The van der Waals surface area contributed by atoms with Crippen LogP contribution in [0.25, 0.3) is 0 Å². The molecule has 26 heavy (non-hydrogen) atoms. The molecule has 2 N–H and O–H groups in total. The van der Waals surface area contributed by atoms with E-state index in [4.69, 9.17) is 4.74 Å². The van der Waals surface area contributed by atoms with Crippen molar-refractivity contribution in [2.45, 2.75) is 32.7 Å². The molecule has 0 aliphatic carbocycles. The van der Waals surface area contributed by atoms with Gasteiger partial charge in [-0.3, -0.25) is 9.59 Å². The van der Waals surface area contributed by atoms with Gasteiger partial charge in [0.1, 0.15) is 5.75 Å². The molecule has 0 aliphatic rings. The third-order valence-corrected chi connectivity index (χ3v) is 3.97. The van der Waals surface area contributed by atoms with Crippen LogP contribution < -0.4 is 15.4 Å². The molecule has 5 heteroatoms. The van der Waals surface area contributed by atoms with Crippen molar-refractivity contribution in [1.82, 2.24) is 10.6 Å². The number of para-hydroxylation sites is 1. The highest BCUT2D eigenvalue weighted by Crippen LogP contribution is 2.17. The number of ether oxygens (including phenoxy) is 1. The highest BCUT2D eigenvalue weighted by molar-refractivity contribution is 5.96. The molecule has 0 unspecified atom stereocenters. The summed E-state index contributed by atoms with van der Waals surface area (Å²) < 4.78 is 5.46. The van der Waals surface area contributed by atoms with Gasteiger partial charge < -0.3 is 15.4 Å². The summed E-state index contributed by atoms with van der Waals surface area (Å²) in [5, 5.41) is 5.81. The van der Waals surface area contributed by atoms with Crippen LogP contribution in [0.1, 0.15) is 48.7 Å². The lowest BCUT2D eigenvalue weighted by atomic mass is 10.1. The van der Waals surface area contributed by atoms with Gasteiger partial charge in [0.15, 0.2) is 0 Å². The van der Waals surface area contributed by atoms with Crippen LogP contribution in [-0.4, -0.2) is 25.0 Å². The van der Waals surface area contributed by atoms with Gasteiger partial charge in [-0.2, -0.15) is 0 Å². The molecule has 5 nitrogen and oxygen atoms in total. The Bertz CT molecular complexity index is 716. The van der Waals surface area contributed by atoms with E-state index >= 15 is 0 Å². The van der Waals surface area contributed by atoms with E-state index in [1.165, 1.54) is 0 Å². The molecule has 0 radical (unpaired) electrons. The number of benzene rings is 2. The quantitative estimate of drug-likeness (QED) is 0.678. The average Bonchev–Trinajstić information content (AvgIpc) is 2.66. The maximum atomic E-state index is 12.3. The van der Waals surface area contributed by atoms with Crippen LogP contribution in [0.4, 0.5) is 0 Å². The van der Waals surface area contributed by atoms with Crippen molar-refractivity contribution in [3.05, 3.63) is 65.7 Å². The minimum Gasteiger partial charge on any atom is -0.493 e. The monoisotopic (exact) mass is 354 g/mol. The first-order valence-corrected chi connectivity index (χ1v) is 8.96. The number of carbonyl (C=O) groups excluding carboxylic acids is 2. The fourth-order valence-corrected chi connectivity index (χ4v) is 2.62. The van der Waals surface area contributed by atoms with Crippen LogP contribution in [0.5, 0.6) is 5.75 Å². The molecular weight excluding hydrogens is 328 g/mol. The summed E-state index contributed by atoms with van der Waals surface area (Å²) in [7, 11) is 0. The second kappa shape index (κ2) is 10.2. The summed E-state index contributed by atoms with van der Waals surface area (Å²) in [6.45, 7) is 4.78. The molecule has 2 rings (SSSR count). The van der Waals surface area contributed by atoms with Crippen LogP contribution in [-0.2, 0) is 4.79 Å². The lowest BCUT2D eigenvalue weighted by Gasteiger charge is -2.14. The van der Waals surface area contributed by atoms with Crippen molar-refractivity contribution in [2.24, 2.45) is 0 Å². The van der Waals surface area contributed by atoms with Crippen LogP contribution in [0.3, 0.4) is 0 Å². The number of rotatable bonds is 9. The molecular formula is C21H26N2O3. The highest BCUT2D eigenvalue weighted by Gasteiger charge is 2.12. The highest BCUT2D eigenvalue weighted by atomic mass is 16.5. The summed E-state index contributed by atoms with van der Waals surface area (Å²) in [4.78, 5) is 24.3. The molecule has 0 heterocycles. The number of hydrogen-bond acceptors (Lipinski definition) is 3. The van der Waals surface area contributed by atoms with E-state index in [1.54, 1.807) is 18.2 Å². The fourth-order valence-electron chi connectivity index (χ4n) is 2.62. The number of carbonyl (C=O) groups is 2. The Morgan fingerprint density at radius 2 is 1.73 bits per heavy atom. The Hall–Kier alpha value is -2.82. The zero-order valence-electron chi connectivity index (χ0n) is 15.3. The van der Waals surface area contributed by atoms with Crippen molar-refractivity contribution in [1.29, 1.82) is 0 Å². The van der Waals surface area contributed by atoms with E-state index in [9.17, 15) is 9.59 Å².